The van der Waals surface area contributed by atoms with Crippen molar-refractivity contribution in [3.63, 3.8) is 0 Å². The molecule has 4 nitrogen and oxygen atoms in total. The Bertz CT molecular complexity index is 750. The van der Waals surface area contributed by atoms with Gasteiger partial charge in [-0.2, -0.15) is 11.8 Å². The van der Waals surface area contributed by atoms with Crippen molar-refractivity contribution in [2.45, 2.75) is 18.6 Å². The average Bonchev–Trinajstić information content (AvgIpc) is 2.64. The quantitative estimate of drug-likeness (QED) is 0.665. The number of carboxylic acids is 1. The second-order valence-corrected chi connectivity index (χ2v) is 8.08. The summed E-state index contributed by atoms with van der Waals surface area (Å²) in [6.45, 7) is 4.41. The van der Waals surface area contributed by atoms with E-state index in [1.807, 2.05) is 49.0 Å². The number of ether oxygens (including phenoxy) is 1. The molecule has 1 N–H and O–H groups in total. The number of thioether (sulfide) groups is 1. The Morgan fingerprint density at radius 3 is 2.70 bits per heavy atom. The molecule has 1 fully saturated rings. The number of halogens is 2. The molecule has 1 aliphatic heterocycles. The third-order valence-electron chi connectivity index (χ3n) is 4.43. The van der Waals surface area contributed by atoms with Crippen molar-refractivity contribution in [1.82, 2.24) is 4.90 Å². The van der Waals surface area contributed by atoms with Crippen LogP contribution in [0.15, 0.2) is 42.5 Å². The Balaban J connectivity index is 0.00000261. The van der Waals surface area contributed by atoms with Crippen LogP contribution in [0.25, 0.3) is 0 Å². The molecule has 2 aromatic carbocycles. The summed E-state index contributed by atoms with van der Waals surface area (Å²) >= 11 is 8.14. The molecule has 0 radical (unpaired) electrons. The molecule has 1 atom stereocenters. The number of carbonyl (C=O) groups is 1. The Kier molecular flexibility index (Phi) is 8.29. The van der Waals surface area contributed by atoms with Crippen molar-refractivity contribution in [3.05, 3.63) is 58.6 Å². The number of hydrogen-bond donors (Lipinski definition) is 1. The topological polar surface area (TPSA) is 49.8 Å². The van der Waals surface area contributed by atoms with Crippen LogP contribution in [0.4, 0.5) is 0 Å². The molecule has 2 aromatic rings. The van der Waals surface area contributed by atoms with Crippen LogP contribution in [0.3, 0.4) is 0 Å². The first-order valence-electron chi connectivity index (χ1n) is 8.61. The lowest BCUT2D eigenvalue weighted by atomic mass is 10.1. The molecule has 1 saturated heterocycles. The van der Waals surface area contributed by atoms with Gasteiger partial charge in [0.25, 0.3) is 0 Å². The second kappa shape index (κ2) is 10.2. The molecule has 7 heteroatoms. The van der Waals surface area contributed by atoms with Gasteiger partial charge in [0.2, 0.25) is 0 Å². The van der Waals surface area contributed by atoms with E-state index in [0.717, 1.165) is 30.2 Å². The van der Waals surface area contributed by atoms with E-state index in [9.17, 15) is 4.79 Å². The second-order valence-electron chi connectivity index (χ2n) is 6.36. The van der Waals surface area contributed by atoms with Crippen molar-refractivity contribution >= 4 is 41.7 Å². The first kappa shape index (κ1) is 21.9. The van der Waals surface area contributed by atoms with Crippen LogP contribution in [0.2, 0.25) is 5.02 Å². The van der Waals surface area contributed by atoms with Gasteiger partial charge in [-0.25, -0.2) is 0 Å². The molecular formula is C20H23Cl2NO3S. The van der Waals surface area contributed by atoms with E-state index in [4.69, 9.17) is 21.4 Å². The zero-order valence-corrected chi connectivity index (χ0v) is 17.4. The monoisotopic (exact) mass is 427 g/mol. The fourth-order valence-corrected chi connectivity index (χ4v) is 4.55. The van der Waals surface area contributed by atoms with Crippen LogP contribution in [0.5, 0.6) is 11.5 Å². The number of benzene rings is 2. The normalized spacial score (nSPS) is 17.2. The van der Waals surface area contributed by atoms with Crippen molar-refractivity contribution in [3.8, 4) is 11.5 Å². The molecule has 0 bridgehead atoms. The van der Waals surface area contributed by atoms with Gasteiger partial charge in [0.1, 0.15) is 11.5 Å². The summed E-state index contributed by atoms with van der Waals surface area (Å²) in [5.74, 6) is 1.72. The number of aryl methyl sites for hydroxylation is 1. The van der Waals surface area contributed by atoms with Crippen LogP contribution in [-0.2, 0) is 4.79 Å². The van der Waals surface area contributed by atoms with Crippen LogP contribution < -0.4 is 4.74 Å². The van der Waals surface area contributed by atoms with E-state index in [1.54, 1.807) is 0 Å². The van der Waals surface area contributed by atoms with E-state index in [1.165, 1.54) is 5.56 Å². The van der Waals surface area contributed by atoms with Crippen LogP contribution in [-0.4, -0.2) is 41.4 Å². The van der Waals surface area contributed by atoms with Gasteiger partial charge in [-0.3, -0.25) is 4.79 Å². The fraction of sp³-hybridized carbons (Fsp3) is 0.350. The smallest absolute Gasteiger partial charge is 0.304 e. The number of carboxylic acid groups (broad SMARTS) is 1. The lowest BCUT2D eigenvalue weighted by Gasteiger charge is -2.32. The van der Waals surface area contributed by atoms with Gasteiger partial charge in [0.15, 0.2) is 0 Å². The molecule has 27 heavy (non-hydrogen) atoms. The molecular weight excluding hydrogens is 405 g/mol. The minimum Gasteiger partial charge on any atom is -0.481 e. The number of aliphatic carboxylic acids is 1. The van der Waals surface area contributed by atoms with Crippen LogP contribution >= 0.6 is 35.8 Å². The molecule has 1 aliphatic rings. The van der Waals surface area contributed by atoms with E-state index < -0.39 is 5.97 Å². The van der Waals surface area contributed by atoms with Gasteiger partial charge in [-0.15, -0.1) is 12.4 Å². The van der Waals surface area contributed by atoms with Crippen molar-refractivity contribution in [2.24, 2.45) is 0 Å². The SMILES string of the molecule is Cc1cccc(Cl)c1Oc1ccc(C2CN(CCC(=O)O)CCS2)cc1.Cl. The van der Waals surface area contributed by atoms with E-state index in [-0.39, 0.29) is 18.8 Å². The predicted octanol–water partition coefficient (Wildman–Crippen LogP) is 5.43. The van der Waals surface area contributed by atoms with Gasteiger partial charge < -0.3 is 14.7 Å². The number of hydrogen-bond acceptors (Lipinski definition) is 4. The summed E-state index contributed by atoms with van der Waals surface area (Å²) in [6, 6.07) is 13.8. The molecule has 146 valence electrons. The average molecular weight is 428 g/mol. The highest BCUT2D eigenvalue weighted by molar-refractivity contribution is 7.99. The van der Waals surface area contributed by atoms with E-state index in [0.29, 0.717) is 22.6 Å². The molecule has 1 heterocycles. The molecule has 0 saturated carbocycles. The predicted molar refractivity (Wildman–Crippen MR) is 114 cm³/mol. The molecule has 0 aromatic heterocycles. The van der Waals surface area contributed by atoms with Gasteiger partial charge >= 0.3 is 5.97 Å². The summed E-state index contributed by atoms with van der Waals surface area (Å²) in [4.78, 5) is 13.0. The minimum atomic E-state index is -0.740. The zero-order chi connectivity index (χ0) is 18.5. The van der Waals surface area contributed by atoms with Gasteiger partial charge in [-0.1, -0.05) is 35.9 Å². The standard InChI is InChI=1S/C20H22ClNO3S.ClH/c1-14-3-2-4-17(21)20(14)25-16-7-5-15(6-8-16)18-13-22(11-12-26-18)10-9-19(23)24;/h2-8,18H,9-13H2,1H3,(H,23,24);1H. The highest BCUT2D eigenvalue weighted by atomic mass is 35.5. The molecule has 0 amide bonds. The molecule has 1 unspecified atom stereocenters. The summed E-state index contributed by atoms with van der Waals surface area (Å²) in [5.41, 5.74) is 2.23. The van der Waals surface area contributed by atoms with Crippen LogP contribution in [0.1, 0.15) is 22.8 Å². The molecule has 0 aliphatic carbocycles. The zero-order valence-electron chi connectivity index (χ0n) is 15.1. The summed E-state index contributed by atoms with van der Waals surface area (Å²) in [5, 5.41) is 9.82. The minimum absolute atomic E-state index is 0. The first-order chi connectivity index (χ1) is 12.5. The third kappa shape index (κ3) is 6.04. The van der Waals surface area contributed by atoms with Crippen molar-refractivity contribution in [1.29, 1.82) is 0 Å². The van der Waals surface area contributed by atoms with E-state index >= 15 is 0 Å². The lowest BCUT2D eigenvalue weighted by molar-refractivity contribution is -0.137. The van der Waals surface area contributed by atoms with Crippen LogP contribution in [0, 0.1) is 6.92 Å². The van der Waals surface area contributed by atoms with Crippen molar-refractivity contribution in [2.75, 3.05) is 25.4 Å². The van der Waals surface area contributed by atoms with E-state index in [2.05, 4.69) is 17.0 Å². The lowest BCUT2D eigenvalue weighted by Crippen LogP contribution is -2.35. The van der Waals surface area contributed by atoms with Gasteiger partial charge in [0.05, 0.1) is 11.4 Å². The molecule has 3 rings (SSSR count). The number of rotatable bonds is 6. The van der Waals surface area contributed by atoms with Crippen molar-refractivity contribution < 1.29 is 14.6 Å². The molecule has 0 spiro atoms. The maximum Gasteiger partial charge on any atom is 0.304 e. The summed E-state index contributed by atoms with van der Waals surface area (Å²) in [6.07, 6.45) is 0.196. The maximum absolute atomic E-state index is 10.8. The Hall–Kier alpha value is -1.40. The third-order valence-corrected chi connectivity index (χ3v) is 5.97. The van der Waals surface area contributed by atoms with Gasteiger partial charge in [-0.05, 0) is 36.2 Å². The highest BCUT2D eigenvalue weighted by Gasteiger charge is 2.22. The fourth-order valence-electron chi connectivity index (χ4n) is 2.98. The van der Waals surface area contributed by atoms with Gasteiger partial charge in [0, 0.05) is 30.6 Å². The number of nitrogens with zero attached hydrogens (tertiary/aromatic N) is 1. The Labute approximate surface area is 175 Å². The number of para-hydroxylation sites is 1. The first-order valence-corrected chi connectivity index (χ1v) is 10.0. The largest absolute Gasteiger partial charge is 0.481 e. The maximum atomic E-state index is 10.8. The highest BCUT2D eigenvalue weighted by Crippen LogP contribution is 2.36. The summed E-state index contributed by atoms with van der Waals surface area (Å²) < 4.78 is 5.95. The Morgan fingerprint density at radius 2 is 2.04 bits per heavy atom. The summed E-state index contributed by atoms with van der Waals surface area (Å²) in [7, 11) is 0. The Morgan fingerprint density at radius 1 is 1.30 bits per heavy atom.